The first-order valence-electron chi connectivity index (χ1n) is 7.18. The Morgan fingerprint density at radius 3 is 2.89 bits per heavy atom. The summed E-state index contributed by atoms with van der Waals surface area (Å²) in [4.78, 5) is 2.52. The van der Waals surface area contributed by atoms with Gasteiger partial charge in [0, 0.05) is 55.7 Å². The lowest BCUT2D eigenvalue weighted by molar-refractivity contribution is 0.275. The highest BCUT2D eigenvalue weighted by molar-refractivity contribution is 5.84. The van der Waals surface area contributed by atoms with Crippen LogP contribution in [0.2, 0.25) is 0 Å². The minimum absolute atomic E-state index is 0.646. The average molecular weight is 257 g/mol. The SMILES string of the molecule is CC1CC(c2cn(C)c3ccccc23)CN1CCN. The normalized spacial score (nSPS) is 24.4. The first-order chi connectivity index (χ1) is 9.20. The number of para-hydroxylation sites is 1. The van der Waals surface area contributed by atoms with E-state index < -0.39 is 0 Å². The van der Waals surface area contributed by atoms with Crippen LogP contribution < -0.4 is 5.73 Å². The fourth-order valence-electron chi connectivity index (χ4n) is 3.50. The molecular weight excluding hydrogens is 234 g/mol. The highest BCUT2D eigenvalue weighted by atomic mass is 15.2. The summed E-state index contributed by atoms with van der Waals surface area (Å²) in [6.45, 7) is 5.24. The number of likely N-dealkylation sites (tertiary alicyclic amines) is 1. The molecule has 2 N–H and O–H groups in total. The molecule has 3 rings (SSSR count). The van der Waals surface area contributed by atoms with Crippen LogP contribution in [0, 0.1) is 0 Å². The zero-order valence-electron chi connectivity index (χ0n) is 11.8. The summed E-state index contributed by atoms with van der Waals surface area (Å²) in [7, 11) is 2.14. The van der Waals surface area contributed by atoms with Crippen molar-refractivity contribution in [3.8, 4) is 0 Å². The van der Waals surface area contributed by atoms with Gasteiger partial charge in [0.2, 0.25) is 0 Å². The van der Waals surface area contributed by atoms with E-state index in [1.807, 2.05) is 0 Å². The van der Waals surface area contributed by atoms with Crippen LogP contribution in [0.25, 0.3) is 10.9 Å². The van der Waals surface area contributed by atoms with E-state index in [0.29, 0.717) is 12.0 Å². The summed E-state index contributed by atoms with van der Waals surface area (Å²) in [6, 6.07) is 9.36. The molecule has 1 aliphatic rings. The van der Waals surface area contributed by atoms with Crippen LogP contribution in [0.15, 0.2) is 30.5 Å². The number of fused-ring (bicyclic) bond motifs is 1. The van der Waals surface area contributed by atoms with Gasteiger partial charge in [0.15, 0.2) is 0 Å². The van der Waals surface area contributed by atoms with Crippen molar-refractivity contribution in [2.75, 3.05) is 19.6 Å². The van der Waals surface area contributed by atoms with Gasteiger partial charge in [-0.05, 0) is 25.0 Å². The van der Waals surface area contributed by atoms with Crippen molar-refractivity contribution in [3.05, 3.63) is 36.0 Å². The van der Waals surface area contributed by atoms with E-state index in [-0.39, 0.29) is 0 Å². The number of hydrogen-bond donors (Lipinski definition) is 1. The van der Waals surface area contributed by atoms with Gasteiger partial charge < -0.3 is 10.3 Å². The van der Waals surface area contributed by atoms with Gasteiger partial charge in [-0.3, -0.25) is 4.90 Å². The maximum absolute atomic E-state index is 5.70. The number of nitrogens with zero attached hydrogens (tertiary/aromatic N) is 2. The second-order valence-corrected chi connectivity index (χ2v) is 5.78. The molecule has 102 valence electrons. The Labute approximate surface area is 115 Å². The Balaban J connectivity index is 1.93. The largest absolute Gasteiger partial charge is 0.350 e. The molecular formula is C16H23N3. The van der Waals surface area contributed by atoms with E-state index in [0.717, 1.165) is 19.6 Å². The molecule has 0 spiro atoms. The second-order valence-electron chi connectivity index (χ2n) is 5.78. The van der Waals surface area contributed by atoms with Crippen LogP contribution in [0.3, 0.4) is 0 Å². The molecule has 1 aliphatic heterocycles. The van der Waals surface area contributed by atoms with Crippen molar-refractivity contribution < 1.29 is 0 Å². The topological polar surface area (TPSA) is 34.2 Å². The molecule has 2 aromatic rings. The standard InChI is InChI=1S/C16H23N3/c1-12-9-13(10-19(12)8-7-17)15-11-18(2)16-6-4-3-5-14(15)16/h3-6,11-13H,7-10,17H2,1-2H3. The zero-order valence-corrected chi connectivity index (χ0v) is 11.8. The van der Waals surface area contributed by atoms with Crippen molar-refractivity contribution in [1.82, 2.24) is 9.47 Å². The van der Waals surface area contributed by atoms with Crippen molar-refractivity contribution >= 4 is 10.9 Å². The van der Waals surface area contributed by atoms with Crippen LogP contribution in [-0.2, 0) is 7.05 Å². The molecule has 1 aromatic heterocycles. The molecule has 0 bridgehead atoms. The number of benzene rings is 1. The fraction of sp³-hybridized carbons (Fsp3) is 0.500. The third-order valence-electron chi connectivity index (χ3n) is 4.49. The number of hydrogen-bond acceptors (Lipinski definition) is 2. The highest BCUT2D eigenvalue weighted by Gasteiger charge is 2.30. The van der Waals surface area contributed by atoms with Gasteiger partial charge in [-0.2, -0.15) is 0 Å². The molecule has 3 heteroatoms. The summed E-state index contributed by atoms with van der Waals surface area (Å²) in [5, 5.41) is 1.41. The molecule has 19 heavy (non-hydrogen) atoms. The van der Waals surface area contributed by atoms with Crippen LogP contribution in [0.1, 0.15) is 24.8 Å². The van der Waals surface area contributed by atoms with Gasteiger partial charge >= 0.3 is 0 Å². The predicted octanol–water partition coefficient (Wildman–Crippen LogP) is 2.31. The Morgan fingerprint density at radius 2 is 2.11 bits per heavy atom. The van der Waals surface area contributed by atoms with Crippen LogP contribution in [0.4, 0.5) is 0 Å². The molecule has 2 unspecified atom stereocenters. The van der Waals surface area contributed by atoms with Gasteiger partial charge in [-0.1, -0.05) is 18.2 Å². The van der Waals surface area contributed by atoms with Gasteiger partial charge in [0.05, 0.1) is 0 Å². The lowest BCUT2D eigenvalue weighted by Gasteiger charge is -2.19. The lowest BCUT2D eigenvalue weighted by atomic mass is 9.96. The van der Waals surface area contributed by atoms with E-state index in [1.54, 1.807) is 0 Å². The Hall–Kier alpha value is -1.32. The highest BCUT2D eigenvalue weighted by Crippen LogP contribution is 2.35. The Kier molecular flexibility index (Phi) is 3.33. The van der Waals surface area contributed by atoms with E-state index in [9.17, 15) is 0 Å². The second kappa shape index (κ2) is 4.99. The molecule has 0 radical (unpaired) electrons. The van der Waals surface area contributed by atoms with Crippen LogP contribution >= 0.6 is 0 Å². The predicted molar refractivity (Wildman–Crippen MR) is 80.4 cm³/mol. The molecule has 0 saturated carbocycles. The number of nitrogens with two attached hydrogens (primary N) is 1. The lowest BCUT2D eigenvalue weighted by Crippen LogP contribution is -2.32. The van der Waals surface area contributed by atoms with Gasteiger partial charge in [-0.15, -0.1) is 0 Å². The molecule has 2 atom stereocenters. The van der Waals surface area contributed by atoms with Gasteiger partial charge in [0.25, 0.3) is 0 Å². The third-order valence-corrected chi connectivity index (χ3v) is 4.49. The Morgan fingerprint density at radius 1 is 1.32 bits per heavy atom. The van der Waals surface area contributed by atoms with Crippen molar-refractivity contribution in [2.45, 2.75) is 25.3 Å². The molecule has 0 amide bonds. The molecule has 2 heterocycles. The molecule has 1 saturated heterocycles. The van der Waals surface area contributed by atoms with Crippen molar-refractivity contribution in [1.29, 1.82) is 0 Å². The van der Waals surface area contributed by atoms with Crippen molar-refractivity contribution in [3.63, 3.8) is 0 Å². The Bertz CT molecular complexity index is 572. The third kappa shape index (κ3) is 2.17. The quantitative estimate of drug-likeness (QED) is 0.915. The first kappa shape index (κ1) is 12.7. The molecule has 1 fully saturated rings. The van der Waals surface area contributed by atoms with E-state index >= 15 is 0 Å². The average Bonchev–Trinajstić information content (AvgIpc) is 2.93. The number of aryl methyl sites for hydroxylation is 1. The minimum atomic E-state index is 0.646. The van der Waals surface area contributed by atoms with Gasteiger partial charge in [0.1, 0.15) is 0 Å². The maximum atomic E-state index is 5.70. The summed E-state index contributed by atoms with van der Waals surface area (Å²) in [5.74, 6) is 0.646. The summed E-state index contributed by atoms with van der Waals surface area (Å²) < 4.78 is 2.25. The molecule has 1 aromatic carbocycles. The molecule has 3 nitrogen and oxygen atoms in total. The number of aromatic nitrogens is 1. The van der Waals surface area contributed by atoms with Gasteiger partial charge in [-0.25, -0.2) is 0 Å². The van der Waals surface area contributed by atoms with E-state index in [1.165, 1.54) is 22.9 Å². The molecule has 0 aliphatic carbocycles. The summed E-state index contributed by atoms with van der Waals surface area (Å²) in [5.41, 5.74) is 8.54. The smallest absolute Gasteiger partial charge is 0.0480 e. The summed E-state index contributed by atoms with van der Waals surface area (Å²) >= 11 is 0. The fourth-order valence-corrected chi connectivity index (χ4v) is 3.50. The monoisotopic (exact) mass is 257 g/mol. The van der Waals surface area contributed by atoms with Crippen LogP contribution in [-0.4, -0.2) is 35.1 Å². The summed E-state index contributed by atoms with van der Waals surface area (Å²) in [6.07, 6.45) is 3.56. The first-order valence-corrected chi connectivity index (χ1v) is 7.18. The van der Waals surface area contributed by atoms with Crippen molar-refractivity contribution in [2.24, 2.45) is 12.8 Å². The van der Waals surface area contributed by atoms with E-state index in [2.05, 4.69) is 53.9 Å². The maximum Gasteiger partial charge on any atom is 0.0480 e. The van der Waals surface area contributed by atoms with Crippen LogP contribution in [0.5, 0.6) is 0 Å². The number of rotatable bonds is 3. The minimum Gasteiger partial charge on any atom is -0.350 e. The zero-order chi connectivity index (χ0) is 13.4. The van der Waals surface area contributed by atoms with E-state index in [4.69, 9.17) is 5.73 Å².